The van der Waals surface area contributed by atoms with Gasteiger partial charge >= 0.3 is 5.97 Å². The van der Waals surface area contributed by atoms with Gasteiger partial charge in [-0.05, 0) is 7.05 Å². The molecule has 0 fully saturated rings. The summed E-state index contributed by atoms with van der Waals surface area (Å²) in [6, 6.07) is -0.825. The van der Waals surface area contributed by atoms with E-state index in [-0.39, 0.29) is 0 Å². The van der Waals surface area contributed by atoms with Crippen LogP contribution in [0.3, 0.4) is 0 Å². The maximum atomic E-state index is 10.4. The number of hydrogen-bond acceptors (Lipinski definition) is 5. The maximum absolute atomic E-state index is 10.4. The van der Waals surface area contributed by atoms with Gasteiger partial charge < -0.3 is 25.8 Å². The molecule has 0 saturated carbocycles. The summed E-state index contributed by atoms with van der Waals surface area (Å²) >= 11 is 0. The highest BCUT2D eigenvalue weighted by atomic mass is 16.5. The summed E-state index contributed by atoms with van der Waals surface area (Å²) in [4.78, 5) is 12.5. The Morgan fingerprint density at radius 3 is 2.80 bits per heavy atom. The van der Waals surface area contributed by atoms with Crippen molar-refractivity contribution in [2.24, 2.45) is 5.73 Å². The Balaban J connectivity index is 3.33. The molecule has 0 bridgehead atoms. The van der Waals surface area contributed by atoms with E-state index in [0.717, 1.165) is 19.6 Å². The number of aliphatic carboxylic acids is 1. The Labute approximate surface area is 90.4 Å². The van der Waals surface area contributed by atoms with Gasteiger partial charge in [0.15, 0.2) is 0 Å². The van der Waals surface area contributed by atoms with Gasteiger partial charge in [0.2, 0.25) is 0 Å². The summed E-state index contributed by atoms with van der Waals surface area (Å²) in [5.74, 6) is -0.977. The summed E-state index contributed by atoms with van der Waals surface area (Å²) < 4.78 is 4.93. The number of carboxylic acids is 1. The Morgan fingerprint density at radius 1 is 1.60 bits per heavy atom. The summed E-state index contributed by atoms with van der Waals surface area (Å²) in [6.45, 7) is 3.43. The van der Waals surface area contributed by atoms with Gasteiger partial charge in [-0.1, -0.05) is 0 Å². The minimum atomic E-state index is -0.977. The van der Waals surface area contributed by atoms with Crippen LogP contribution in [-0.4, -0.2) is 69.0 Å². The van der Waals surface area contributed by atoms with Crippen LogP contribution in [0.2, 0.25) is 0 Å². The fraction of sp³-hybridized carbons (Fsp3) is 0.889. The quantitative estimate of drug-likeness (QED) is 0.412. The Bertz CT molecular complexity index is 178. The molecule has 4 N–H and O–H groups in total. The lowest BCUT2D eigenvalue weighted by Gasteiger charge is -2.16. The predicted octanol–water partition coefficient (Wildman–Crippen LogP) is -1.43. The van der Waals surface area contributed by atoms with Crippen LogP contribution in [0.1, 0.15) is 0 Å². The summed E-state index contributed by atoms with van der Waals surface area (Å²) in [5.41, 5.74) is 5.32. The minimum absolute atomic E-state index is 0.299. The smallest absolute Gasteiger partial charge is 0.321 e. The van der Waals surface area contributed by atoms with Gasteiger partial charge in [0, 0.05) is 33.3 Å². The number of carboxylic acid groups (broad SMARTS) is 1. The molecular formula is C9H21N3O3. The van der Waals surface area contributed by atoms with Crippen LogP contribution >= 0.6 is 0 Å². The third-order valence-electron chi connectivity index (χ3n) is 2.03. The highest BCUT2D eigenvalue weighted by molar-refractivity contribution is 5.73. The first-order valence-corrected chi connectivity index (χ1v) is 4.94. The molecule has 6 nitrogen and oxygen atoms in total. The molecule has 15 heavy (non-hydrogen) atoms. The molecule has 0 amide bonds. The number of nitrogens with two attached hydrogens (primary N) is 1. The van der Waals surface area contributed by atoms with Crippen molar-refractivity contribution in [1.82, 2.24) is 10.2 Å². The molecule has 90 valence electrons. The van der Waals surface area contributed by atoms with Crippen LogP contribution in [-0.2, 0) is 9.53 Å². The second kappa shape index (κ2) is 8.60. The zero-order chi connectivity index (χ0) is 11.7. The fourth-order valence-corrected chi connectivity index (χ4v) is 0.974. The zero-order valence-electron chi connectivity index (χ0n) is 9.40. The van der Waals surface area contributed by atoms with Gasteiger partial charge in [-0.3, -0.25) is 4.79 Å². The highest BCUT2D eigenvalue weighted by Crippen LogP contribution is 1.81. The van der Waals surface area contributed by atoms with E-state index >= 15 is 0 Å². The van der Waals surface area contributed by atoms with E-state index < -0.39 is 12.0 Å². The lowest BCUT2D eigenvalue weighted by atomic mass is 10.3. The van der Waals surface area contributed by atoms with E-state index in [0.29, 0.717) is 13.2 Å². The van der Waals surface area contributed by atoms with E-state index in [1.165, 1.54) is 0 Å². The second-order valence-corrected chi connectivity index (χ2v) is 3.44. The summed E-state index contributed by atoms with van der Waals surface area (Å²) in [6.07, 6.45) is 0. The fourth-order valence-electron chi connectivity index (χ4n) is 0.974. The van der Waals surface area contributed by atoms with Gasteiger partial charge in [-0.2, -0.15) is 0 Å². The number of carbonyl (C=O) groups is 1. The molecule has 0 aliphatic rings. The van der Waals surface area contributed by atoms with E-state index in [1.807, 2.05) is 7.05 Å². The lowest BCUT2D eigenvalue weighted by Crippen LogP contribution is -2.42. The normalized spacial score (nSPS) is 13.1. The van der Waals surface area contributed by atoms with Crippen LogP contribution in [0.5, 0.6) is 0 Å². The van der Waals surface area contributed by atoms with Crippen LogP contribution in [0.4, 0.5) is 0 Å². The number of ether oxygens (including phenoxy) is 1. The molecular weight excluding hydrogens is 198 g/mol. The first kappa shape index (κ1) is 14.3. The van der Waals surface area contributed by atoms with Crippen molar-refractivity contribution in [1.29, 1.82) is 0 Å². The van der Waals surface area contributed by atoms with Crippen molar-refractivity contribution in [2.75, 3.05) is 46.9 Å². The summed E-state index contributed by atoms with van der Waals surface area (Å²) in [7, 11) is 3.65. The molecule has 0 heterocycles. The average molecular weight is 219 g/mol. The Morgan fingerprint density at radius 2 is 2.27 bits per heavy atom. The first-order chi connectivity index (χ1) is 7.07. The van der Waals surface area contributed by atoms with Crippen molar-refractivity contribution in [2.45, 2.75) is 6.04 Å². The third-order valence-corrected chi connectivity index (χ3v) is 2.03. The Hall–Kier alpha value is -0.690. The van der Waals surface area contributed by atoms with Gasteiger partial charge in [0.05, 0.1) is 6.61 Å². The second-order valence-electron chi connectivity index (χ2n) is 3.44. The number of nitrogens with one attached hydrogen (secondary N) is 1. The molecule has 1 atom stereocenters. The summed E-state index contributed by atoms with van der Waals surface area (Å²) in [5, 5.41) is 11.5. The zero-order valence-corrected chi connectivity index (χ0v) is 9.40. The number of nitrogens with zero attached hydrogens (tertiary/aromatic N) is 1. The average Bonchev–Trinajstić information content (AvgIpc) is 2.20. The molecule has 0 radical (unpaired) electrons. The molecule has 0 aromatic heterocycles. The van der Waals surface area contributed by atoms with Crippen LogP contribution in [0.25, 0.3) is 0 Å². The monoisotopic (exact) mass is 219 g/mol. The van der Waals surface area contributed by atoms with E-state index in [1.54, 1.807) is 7.11 Å². The van der Waals surface area contributed by atoms with Crippen molar-refractivity contribution in [3.05, 3.63) is 0 Å². The predicted molar refractivity (Wildman–Crippen MR) is 57.9 cm³/mol. The molecule has 0 aromatic rings. The standard InChI is InChI=1S/C9H21N3O3/c1-12(5-6-15-2)4-3-11-7-8(10)9(13)14/h8,11H,3-7,10H2,1-2H3,(H,13,14). The van der Waals surface area contributed by atoms with Crippen molar-refractivity contribution in [3.63, 3.8) is 0 Å². The molecule has 0 spiro atoms. The van der Waals surface area contributed by atoms with Crippen LogP contribution in [0, 0.1) is 0 Å². The molecule has 1 unspecified atom stereocenters. The molecule has 6 heteroatoms. The molecule has 0 aliphatic carbocycles. The van der Waals surface area contributed by atoms with Gasteiger partial charge in [-0.25, -0.2) is 0 Å². The number of hydrogen-bond donors (Lipinski definition) is 3. The molecule has 0 aliphatic heterocycles. The maximum Gasteiger partial charge on any atom is 0.321 e. The third kappa shape index (κ3) is 8.31. The van der Waals surface area contributed by atoms with Crippen molar-refractivity contribution >= 4 is 5.97 Å². The highest BCUT2D eigenvalue weighted by Gasteiger charge is 2.09. The van der Waals surface area contributed by atoms with Crippen molar-refractivity contribution in [3.8, 4) is 0 Å². The van der Waals surface area contributed by atoms with Crippen LogP contribution in [0.15, 0.2) is 0 Å². The van der Waals surface area contributed by atoms with Crippen molar-refractivity contribution < 1.29 is 14.6 Å². The lowest BCUT2D eigenvalue weighted by molar-refractivity contribution is -0.138. The van der Waals surface area contributed by atoms with Gasteiger partial charge in [0.1, 0.15) is 6.04 Å². The van der Waals surface area contributed by atoms with Gasteiger partial charge in [-0.15, -0.1) is 0 Å². The number of rotatable bonds is 9. The van der Waals surface area contributed by atoms with Gasteiger partial charge in [0.25, 0.3) is 0 Å². The van der Waals surface area contributed by atoms with E-state index in [2.05, 4.69) is 10.2 Å². The molecule has 0 saturated heterocycles. The topological polar surface area (TPSA) is 87.8 Å². The van der Waals surface area contributed by atoms with Crippen LogP contribution < -0.4 is 11.1 Å². The van der Waals surface area contributed by atoms with E-state index in [4.69, 9.17) is 15.6 Å². The minimum Gasteiger partial charge on any atom is -0.480 e. The number of methoxy groups -OCH3 is 1. The molecule has 0 aromatic carbocycles. The molecule has 0 rings (SSSR count). The Kier molecular flexibility index (Phi) is 8.21. The SMILES string of the molecule is COCCN(C)CCNCC(N)C(=O)O. The largest absolute Gasteiger partial charge is 0.480 e. The first-order valence-electron chi connectivity index (χ1n) is 4.94. The number of likely N-dealkylation sites (N-methyl/N-ethyl adjacent to an activating group) is 1. The van der Waals surface area contributed by atoms with E-state index in [9.17, 15) is 4.79 Å².